The van der Waals surface area contributed by atoms with Gasteiger partial charge in [0.15, 0.2) is 0 Å². The van der Waals surface area contributed by atoms with Gasteiger partial charge in [-0.25, -0.2) is 4.39 Å². The monoisotopic (exact) mass is 254 g/mol. The van der Waals surface area contributed by atoms with Crippen molar-refractivity contribution in [2.75, 3.05) is 11.9 Å². The molecule has 0 saturated heterocycles. The highest BCUT2D eigenvalue weighted by atomic mass is 19.1. The number of rotatable bonds is 3. The van der Waals surface area contributed by atoms with Crippen molar-refractivity contribution in [1.29, 1.82) is 0 Å². The van der Waals surface area contributed by atoms with Crippen molar-refractivity contribution in [2.24, 2.45) is 0 Å². The van der Waals surface area contributed by atoms with Crippen LogP contribution < -0.4 is 10.6 Å². The van der Waals surface area contributed by atoms with Crippen LogP contribution in [0.5, 0.6) is 0 Å². The summed E-state index contributed by atoms with van der Waals surface area (Å²) in [5, 5.41) is 13.3. The number of amides is 2. The summed E-state index contributed by atoms with van der Waals surface area (Å²) in [4.78, 5) is 22.7. The average molecular weight is 254 g/mol. The Balaban J connectivity index is 2.64. The molecule has 3 N–H and O–H groups in total. The Morgan fingerprint density at radius 1 is 1.39 bits per heavy atom. The third-order valence-corrected chi connectivity index (χ3v) is 2.13. The summed E-state index contributed by atoms with van der Waals surface area (Å²) in [6, 6.07) is 4.19. The highest BCUT2D eigenvalue weighted by Crippen LogP contribution is 2.15. The van der Waals surface area contributed by atoms with Gasteiger partial charge in [0.25, 0.3) is 0 Å². The second-order valence-electron chi connectivity index (χ2n) is 4.00. The van der Waals surface area contributed by atoms with Gasteiger partial charge in [0.2, 0.25) is 0 Å². The van der Waals surface area contributed by atoms with Gasteiger partial charge in [-0.2, -0.15) is 0 Å². The molecule has 18 heavy (non-hydrogen) atoms. The molecule has 0 fully saturated rings. The van der Waals surface area contributed by atoms with Crippen LogP contribution in [0.3, 0.4) is 0 Å². The van der Waals surface area contributed by atoms with Crippen molar-refractivity contribution in [3.8, 4) is 0 Å². The molecule has 0 aliphatic carbocycles. The van der Waals surface area contributed by atoms with Crippen molar-refractivity contribution in [2.45, 2.75) is 20.0 Å². The van der Waals surface area contributed by atoms with Crippen LogP contribution >= 0.6 is 0 Å². The minimum absolute atomic E-state index is 0.0391. The quantitative estimate of drug-likeness (QED) is 0.690. The van der Waals surface area contributed by atoms with Gasteiger partial charge in [-0.15, -0.1) is 0 Å². The normalized spacial score (nSPS) is 11.8. The van der Waals surface area contributed by atoms with Gasteiger partial charge >= 0.3 is 11.8 Å². The van der Waals surface area contributed by atoms with E-state index in [0.717, 1.165) is 5.56 Å². The Kier molecular flexibility index (Phi) is 4.79. The van der Waals surface area contributed by atoms with Gasteiger partial charge in [0.05, 0.1) is 11.8 Å². The largest absolute Gasteiger partial charge is 0.392 e. The van der Waals surface area contributed by atoms with Crippen LogP contribution in [0.4, 0.5) is 10.1 Å². The Morgan fingerprint density at radius 2 is 2.06 bits per heavy atom. The highest BCUT2D eigenvalue weighted by molar-refractivity contribution is 6.39. The van der Waals surface area contributed by atoms with Crippen LogP contribution in [-0.4, -0.2) is 29.6 Å². The van der Waals surface area contributed by atoms with Gasteiger partial charge in [0.1, 0.15) is 5.82 Å². The molecule has 0 saturated carbocycles. The smallest absolute Gasteiger partial charge is 0.313 e. The second-order valence-corrected chi connectivity index (χ2v) is 4.00. The van der Waals surface area contributed by atoms with Crippen LogP contribution in [0.25, 0.3) is 0 Å². The zero-order valence-corrected chi connectivity index (χ0v) is 10.2. The van der Waals surface area contributed by atoms with Gasteiger partial charge in [-0.05, 0) is 31.5 Å². The van der Waals surface area contributed by atoms with E-state index in [9.17, 15) is 14.0 Å². The highest BCUT2D eigenvalue weighted by Gasteiger charge is 2.15. The van der Waals surface area contributed by atoms with E-state index in [2.05, 4.69) is 10.6 Å². The number of hydrogen-bond donors (Lipinski definition) is 3. The average Bonchev–Trinajstić information content (AvgIpc) is 2.30. The van der Waals surface area contributed by atoms with E-state index in [1.807, 2.05) is 0 Å². The van der Waals surface area contributed by atoms with Crippen LogP contribution in [0.1, 0.15) is 12.5 Å². The lowest BCUT2D eigenvalue weighted by atomic mass is 10.2. The third-order valence-electron chi connectivity index (χ3n) is 2.13. The lowest BCUT2D eigenvalue weighted by Crippen LogP contribution is -2.39. The standard InChI is InChI=1S/C12H15FN2O3/c1-7-3-4-9(13)10(5-7)15-12(18)11(17)14-6-8(2)16/h3-5,8,16H,6H2,1-2H3,(H,14,17)(H,15,18). The molecule has 1 aromatic rings. The van der Waals surface area contributed by atoms with Crippen molar-refractivity contribution in [3.05, 3.63) is 29.6 Å². The van der Waals surface area contributed by atoms with Crippen LogP contribution in [0.2, 0.25) is 0 Å². The molecule has 1 unspecified atom stereocenters. The van der Waals surface area contributed by atoms with E-state index in [1.165, 1.54) is 19.1 Å². The minimum Gasteiger partial charge on any atom is -0.392 e. The summed E-state index contributed by atoms with van der Waals surface area (Å²) < 4.78 is 13.3. The molecule has 0 heterocycles. The lowest BCUT2D eigenvalue weighted by Gasteiger charge is -2.08. The zero-order chi connectivity index (χ0) is 13.7. The lowest BCUT2D eigenvalue weighted by molar-refractivity contribution is -0.136. The van der Waals surface area contributed by atoms with Gasteiger partial charge in [0, 0.05) is 6.54 Å². The molecule has 1 rings (SSSR count). The molecule has 0 radical (unpaired) electrons. The minimum atomic E-state index is -0.972. The maximum Gasteiger partial charge on any atom is 0.313 e. The van der Waals surface area contributed by atoms with Crippen molar-refractivity contribution < 1.29 is 19.1 Å². The van der Waals surface area contributed by atoms with Gasteiger partial charge in [-0.3, -0.25) is 9.59 Å². The summed E-state index contributed by atoms with van der Waals surface area (Å²) in [7, 11) is 0. The van der Waals surface area contributed by atoms with E-state index >= 15 is 0 Å². The SMILES string of the molecule is Cc1ccc(F)c(NC(=O)C(=O)NCC(C)O)c1. The Morgan fingerprint density at radius 3 is 2.67 bits per heavy atom. The molecular weight excluding hydrogens is 239 g/mol. The van der Waals surface area contributed by atoms with E-state index in [0.29, 0.717) is 0 Å². The molecule has 0 spiro atoms. The molecule has 1 aromatic carbocycles. The first-order valence-electron chi connectivity index (χ1n) is 5.43. The Hall–Kier alpha value is -1.95. The number of aryl methyl sites for hydroxylation is 1. The number of nitrogens with one attached hydrogen (secondary N) is 2. The fraction of sp³-hybridized carbons (Fsp3) is 0.333. The number of anilines is 1. The maximum atomic E-state index is 13.3. The summed E-state index contributed by atoms with van der Waals surface area (Å²) in [6.45, 7) is 3.17. The van der Waals surface area contributed by atoms with Crippen molar-refractivity contribution >= 4 is 17.5 Å². The second kappa shape index (κ2) is 6.11. The third kappa shape index (κ3) is 4.14. The summed E-state index contributed by atoms with van der Waals surface area (Å²) in [5.74, 6) is -2.51. The van der Waals surface area contributed by atoms with E-state index < -0.39 is 23.7 Å². The molecule has 1 atom stereocenters. The first-order chi connectivity index (χ1) is 8.40. The fourth-order valence-corrected chi connectivity index (χ4v) is 1.23. The van der Waals surface area contributed by atoms with Gasteiger partial charge in [-0.1, -0.05) is 6.07 Å². The van der Waals surface area contributed by atoms with Crippen LogP contribution in [-0.2, 0) is 9.59 Å². The van der Waals surface area contributed by atoms with E-state index in [1.54, 1.807) is 13.0 Å². The predicted molar refractivity (Wildman–Crippen MR) is 64.5 cm³/mol. The molecule has 5 nitrogen and oxygen atoms in total. The number of halogens is 1. The molecule has 98 valence electrons. The van der Waals surface area contributed by atoms with Crippen LogP contribution in [0.15, 0.2) is 18.2 Å². The number of hydrogen-bond acceptors (Lipinski definition) is 3. The summed E-state index contributed by atoms with van der Waals surface area (Å²) >= 11 is 0. The molecular formula is C12H15FN2O3. The predicted octanol–water partition coefficient (Wildman–Crippen LogP) is 0.570. The van der Waals surface area contributed by atoms with Crippen LogP contribution in [0, 0.1) is 12.7 Å². The molecule has 0 aromatic heterocycles. The number of aliphatic hydroxyl groups excluding tert-OH is 1. The summed E-state index contributed by atoms with van der Waals surface area (Å²) in [6.07, 6.45) is -0.752. The topological polar surface area (TPSA) is 78.4 Å². The molecule has 2 amide bonds. The fourth-order valence-electron chi connectivity index (χ4n) is 1.23. The number of carbonyl (C=O) groups excluding carboxylic acids is 2. The molecule has 0 aliphatic rings. The van der Waals surface area contributed by atoms with E-state index in [-0.39, 0.29) is 12.2 Å². The van der Waals surface area contributed by atoms with Gasteiger partial charge < -0.3 is 15.7 Å². The molecule has 6 heteroatoms. The number of carbonyl (C=O) groups is 2. The van der Waals surface area contributed by atoms with Crippen molar-refractivity contribution in [1.82, 2.24) is 5.32 Å². The Bertz CT molecular complexity index is 461. The molecule has 0 aliphatic heterocycles. The summed E-state index contributed by atoms with van der Waals surface area (Å²) in [5.41, 5.74) is 0.711. The zero-order valence-electron chi connectivity index (χ0n) is 10.2. The van der Waals surface area contributed by atoms with Crippen molar-refractivity contribution in [3.63, 3.8) is 0 Å². The Labute approximate surface area is 104 Å². The number of benzene rings is 1. The number of aliphatic hydroxyl groups is 1. The van der Waals surface area contributed by atoms with E-state index in [4.69, 9.17) is 5.11 Å². The first-order valence-corrected chi connectivity index (χ1v) is 5.43. The first kappa shape index (κ1) is 14.1. The molecule has 0 bridgehead atoms. The maximum absolute atomic E-state index is 13.3.